The Hall–Kier alpha value is 0. The first-order valence-corrected chi connectivity index (χ1v) is 6.03. The van der Waals surface area contributed by atoms with Crippen molar-refractivity contribution in [3.05, 3.63) is 6.42 Å². The Labute approximate surface area is 84.1 Å². The van der Waals surface area contributed by atoms with E-state index in [1.54, 1.807) is 0 Å². The monoisotopic (exact) mass is 181 g/mol. The molecule has 0 aromatic carbocycles. The predicted octanol–water partition coefficient (Wildman–Crippen LogP) is 4.45. The third-order valence-corrected chi connectivity index (χ3v) is 3.94. The van der Waals surface area contributed by atoms with Gasteiger partial charge in [0.25, 0.3) is 0 Å². The van der Waals surface area contributed by atoms with Gasteiger partial charge >= 0.3 is 0 Å². The summed E-state index contributed by atoms with van der Waals surface area (Å²) in [4.78, 5) is 0. The van der Waals surface area contributed by atoms with Crippen molar-refractivity contribution in [1.29, 1.82) is 0 Å². The van der Waals surface area contributed by atoms with Crippen LogP contribution in [-0.2, 0) is 0 Å². The minimum absolute atomic E-state index is 0.976. The van der Waals surface area contributed by atoms with Crippen molar-refractivity contribution < 1.29 is 0 Å². The van der Waals surface area contributed by atoms with E-state index in [-0.39, 0.29) is 0 Å². The molecule has 0 amide bonds. The van der Waals surface area contributed by atoms with Crippen molar-refractivity contribution in [2.75, 3.05) is 0 Å². The van der Waals surface area contributed by atoms with Crippen LogP contribution in [-0.4, -0.2) is 0 Å². The molecule has 0 nitrogen and oxygen atoms in total. The van der Waals surface area contributed by atoms with E-state index in [2.05, 4.69) is 27.2 Å². The first-order valence-electron chi connectivity index (χ1n) is 6.03. The number of unbranched alkanes of at least 4 members (excludes halogenated alkanes) is 2. The average Bonchev–Trinajstić information content (AvgIpc) is 2.13. The van der Waals surface area contributed by atoms with Gasteiger partial charge in [-0.1, -0.05) is 59.3 Å². The lowest BCUT2D eigenvalue weighted by Crippen LogP contribution is -2.23. The third-order valence-electron chi connectivity index (χ3n) is 3.94. The van der Waals surface area contributed by atoms with Crippen LogP contribution < -0.4 is 0 Å². The number of hydrogen-bond donors (Lipinski definition) is 0. The Morgan fingerprint density at radius 2 is 2.00 bits per heavy atom. The quantitative estimate of drug-likeness (QED) is 0.562. The van der Waals surface area contributed by atoms with E-state index in [0.717, 1.165) is 17.8 Å². The molecule has 3 atom stereocenters. The maximum absolute atomic E-state index is 2.46. The molecule has 0 spiro atoms. The lowest BCUT2D eigenvalue weighted by Gasteiger charge is -2.34. The van der Waals surface area contributed by atoms with Gasteiger partial charge in [-0.2, -0.15) is 0 Å². The molecule has 3 unspecified atom stereocenters. The zero-order valence-corrected chi connectivity index (χ0v) is 9.55. The maximum Gasteiger partial charge on any atom is -0.0386 e. The molecule has 77 valence electrons. The Bertz CT molecular complexity index is 128. The molecule has 13 heavy (non-hydrogen) atoms. The molecule has 1 aliphatic rings. The van der Waals surface area contributed by atoms with E-state index in [4.69, 9.17) is 0 Å². The van der Waals surface area contributed by atoms with Gasteiger partial charge in [-0.15, -0.1) is 0 Å². The van der Waals surface area contributed by atoms with Gasteiger partial charge in [0.1, 0.15) is 0 Å². The van der Waals surface area contributed by atoms with Gasteiger partial charge < -0.3 is 0 Å². The van der Waals surface area contributed by atoms with Crippen molar-refractivity contribution in [3.8, 4) is 0 Å². The van der Waals surface area contributed by atoms with E-state index in [1.165, 1.54) is 38.5 Å². The molecule has 0 heterocycles. The molecular weight excluding hydrogens is 156 g/mol. The summed E-state index contributed by atoms with van der Waals surface area (Å²) in [5.74, 6) is 2.98. The Morgan fingerprint density at radius 1 is 1.23 bits per heavy atom. The summed E-state index contributed by atoms with van der Waals surface area (Å²) < 4.78 is 0. The smallest absolute Gasteiger partial charge is 0.0386 e. The van der Waals surface area contributed by atoms with Gasteiger partial charge in [0.05, 0.1) is 0 Å². The van der Waals surface area contributed by atoms with Crippen molar-refractivity contribution in [2.24, 2.45) is 17.8 Å². The van der Waals surface area contributed by atoms with Crippen LogP contribution in [0.1, 0.15) is 59.3 Å². The summed E-state index contributed by atoms with van der Waals surface area (Å²) >= 11 is 0. The summed E-state index contributed by atoms with van der Waals surface area (Å²) in [7, 11) is 0. The lowest BCUT2D eigenvalue weighted by molar-refractivity contribution is 0.170. The maximum atomic E-state index is 2.46. The molecule has 1 saturated carbocycles. The van der Waals surface area contributed by atoms with Crippen molar-refractivity contribution >= 4 is 0 Å². The second-order valence-electron chi connectivity index (χ2n) is 4.87. The molecule has 0 aromatic heterocycles. The molecule has 0 saturated heterocycles. The topological polar surface area (TPSA) is 0 Å². The Balaban J connectivity index is 2.23. The van der Waals surface area contributed by atoms with Gasteiger partial charge in [-0.3, -0.25) is 0 Å². The van der Waals surface area contributed by atoms with Gasteiger partial charge in [-0.05, 0) is 24.2 Å². The standard InChI is InChI=1S/C13H25/c1-4-5-6-9-13-10-7-8-11(2)12(13)3/h4,11-13H,5-10H2,1-3H3. The second-order valence-corrected chi connectivity index (χ2v) is 4.87. The first-order chi connectivity index (χ1) is 6.25. The van der Waals surface area contributed by atoms with E-state index < -0.39 is 0 Å². The van der Waals surface area contributed by atoms with Gasteiger partial charge in [0.15, 0.2) is 0 Å². The fourth-order valence-electron chi connectivity index (χ4n) is 2.68. The van der Waals surface area contributed by atoms with E-state index in [9.17, 15) is 0 Å². The molecule has 1 aliphatic carbocycles. The highest BCUT2D eigenvalue weighted by atomic mass is 14.3. The molecule has 0 aromatic rings. The van der Waals surface area contributed by atoms with Crippen LogP contribution in [0.5, 0.6) is 0 Å². The summed E-state index contributed by atoms with van der Waals surface area (Å²) in [6.45, 7) is 7.07. The van der Waals surface area contributed by atoms with Gasteiger partial charge in [-0.25, -0.2) is 0 Å². The average molecular weight is 181 g/mol. The molecule has 0 N–H and O–H groups in total. The summed E-state index contributed by atoms with van der Waals surface area (Å²) in [5, 5.41) is 0. The minimum atomic E-state index is 0.976. The highest BCUT2D eigenvalue weighted by Gasteiger charge is 2.26. The summed E-state index contributed by atoms with van der Waals surface area (Å²) in [5.41, 5.74) is 0. The Morgan fingerprint density at radius 3 is 2.69 bits per heavy atom. The highest BCUT2D eigenvalue weighted by molar-refractivity contribution is 4.77. The normalized spacial score (nSPS) is 34.8. The van der Waals surface area contributed by atoms with Crippen LogP contribution in [0, 0.1) is 24.2 Å². The van der Waals surface area contributed by atoms with E-state index in [1.807, 2.05) is 0 Å². The second kappa shape index (κ2) is 5.67. The summed E-state index contributed by atoms with van der Waals surface area (Å²) in [6, 6.07) is 0. The fourth-order valence-corrected chi connectivity index (χ4v) is 2.68. The first kappa shape index (κ1) is 11.1. The van der Waals surface area contributed by atoms with E-state index >= 15 is 0 Å². The van der Waals surface area contributed by atoms with Crippen LogP contribution >= 0.6 is 0 Å². The highest BCUT2D eigenvalue weighted by Crippen LogP contribution is 2.36. The summed E-state index contributed by atoms with van der Waals surface area (Å²) in [6.07, 6.45) is 10.9. The molecule has 1 radical (unpaired) electrons. The predicted molar refractivity (Wildman–Crippen MR) is 59.5 cm³/mol. The van der Waals surface area contributed by atoms with Gasteiger partial charge in [0.2, 0.25) is 0 Å². The fraction of sp³-hybridized carbons (Fsp3) is 0.923. The zero-order chi connectivity index (χ0) is 9.68. The number of rotatable bonds is 4. The van der Waals surface area contributed by atoms with Crippen LogP contribution in [0.25, 0.3) is 0 Å². The van der Waals surface area contributed by atoms with Crippen LogP contribution in [0.3, 0.4) is 0 Å². The molecule has 0 bridgehead atoms. The van der Waals surface area contributed by atoms with Crippen molar-refractivity contribution in [1.82, 2.24) is 0 Å². The third kappa shape index (κ3) is 3.32. The van der Waals surface area contributed by atoms with Crippen LogP contribution in [0.2, 0.25) is 0 Å². The zero-order valence-electron chi connectivity index (χ0n) is 9.55. The van der Waals surface area contributed by atoms with E-state index in [0.29, 0.717) is 0 Å². The largest absolute Gasteiger partial charge is 0.0623 e. The van der Waals surface area contributed by atoms with Crippen LogP contribution in [0.4, 0.5) is 0 Å². The van der Waals surface area contributed by atoms with Gasteiger partial charge in [0, 0.05) is 0 Å². The van der Waals surface area contributed by atoms with Crippen molar-refractivity contribution in [3.63, 3.8) is 0 Å². The molecule has 1 rings (SSSR count). The number of hydrogen-bond acceptors (Lipinski definition) is 0. The van der Waals surface area contributed by atoms with Crippen molar-refractivity contribution in [2.45, 2.75) is 59.3 Å². The Kier molecular flexibility index (Phi) is 4.83. The molecular formula is C13H25. The molecule has 0 heteroatoms. The molecule has 1 fully saturated rings. The SMILES string of the molecule is C[CH]CCCC1CCCC(C)C1C. The minimum Gasteiger partial charge on any atom is -0.0623 e. The van der Waals surface area contributed by atoms with Crippen LogP contribution in [0.15, 0.2) is 0 Å². The lowest BCUT2D eigenvalue weighted by atomic mass is 9.72. The molecule has 0 aliphatic heterocycles.